The quantitative estimate of drug-likeness (QED) is 0.524. The van der Waals surface area contributed by atoms with E-state index in [0.29, 0.717) is 27.3 Å². The Bertz CT molecular complexity index is 1310. The van der Waals surface area contributed by atoms with Gasteiger partial charge in [-0.2, -0.15) is 15.3 Å². The second kappa shape index (κ2) is 6.23. The Morgan fingerprint density at radius 3 is 2.67 bits per heavy atom. The molecule has 0 saturated heterocycles. The van der Waals surface area contributed by atoms with Crippen LogP contribution in [0, 0.1) is 0 Å². The Labute approximate surface area is 180 Å². The number of amides is 1. The predicted molar refractivity (Wildman–Crippen MR) is 109 cm³/mol. The van der Waals surface area contributed by atoms with Crippen LogP contribution in [0.4, 0.5) is 5.69 Å². The molecule has 11 heteroatoms. The van der Waals surface area contributed by atoms with Crippen molar-refractivity contribution in [1.82, 2.24) is 34.6 Å². The van der Waals surface area contributed by atoms with Gasteiger partial charge in [-0.15, -0.1) is 4.80 Å². The van der Waals surface area contributed by atoms with Gasteiger partial charge in [0.05, 0.1) is 40.9 Å². The first kappa shape index (κ1) is 17.8. The molecule has 1 spiro atoms. The van der Waals surface area contributed by atoms with Gasteiger partial charge in [0, 0.05) is 23.2 Å². The molecular weight excluding hydrogens is 427 g/mol. The third-order valence-electron chi connectivity index (χ3n) is 5.82. The van der Waals surface area contributed by atoms with Crippen LogP contribution in [0.1, 0.15) is 36.4 Å². The maximum absolute atomic E-state index is 13.2. The third-order valence-corrected chi connectivity index (χ3v) is 6.28. The molecule has 1 fully saturated rings. The average molecular weight is 441 g/mol. The van der Waals surface area contributed by atoms with E-state index in [1.54, 1.807) is 29.0 Å². The number of aromatic nitrogens is 7. The molecule has 4 aromatic rings. The van der Waals surface area contributed by atoms with E-state index < -0.39 is 0 Å². The third kappa shape index (κ3) is 2.62. The molecule has 0 radical (unpaired) electrons. The average Bonchev–Trinajstić information content (AvgIpc) is 3.06. The van der Waals surface area contributed by atoms with Gasteiger partial charge in [-0.25, -0.2) is 14.5 Å². The summed E-state index contributed by atoms with van der Waals surface area (Å²) in [7, 11) is 0. The van der Waals surface area contributed by atoms with Gasteiger partial charge in [0.1, 0.15) is 0 Å². The van der Waals surface area contributed by atoms with Gasteiger partial charge in [-0.05, 0) is 25.3 Å². The number of nitrogens with zero attached hydrogens (tertiary/aromatic N) is 7. The predicted octanol–water partition coefficient (Wildman–Crippen LogP) is 3.17. The van der Waals surface area contributed by atoms with E-state index in [0.717, 1.165) is 30.5 Å². The molecule has 0 bridgehead atoms. The van der Waals surface area contributed by atoms with E-state index in [1.165, 1.54) is 17.2 Å². The molecule has 1 saturated carbocycles. The largest absolute Gasteiger partial charge is 0.324 e. The minimum atomic E-state index is -0.325. The highest BCUT2D eigenvalue weighted by Gasteiger charge is 2.56. The lowest BCUT2D eigenvalue weighted by Gasteiger charge is -2.13. The van der Waals surface area contributed by atoms with E-state index in [-0.39, 0.29) is 17.2 Å². The van der Waals surface area contributed by atoms with Crippen LogP contribution >= 0.6 is 23.2 Å². The molecule has 1 amide bonds. The summed E-state index contributed by atoms with van der Waals surface area (Å²) in [6.07, 6.45) is 9.17. The molecule has 1 N–H and O–H groups in total. The Morgan fingerprint density at radius 2 is 1.93 bits per heavy atom. The summed E-state index contributed by atoms with van der Waals surface area (Å²) in [4.78, 5) is 23.2. The standard InChI is InChI=1S/C19H14Cl2N8O/c20-13-5-10(8-23-17(13)29-24-3-4-25-29)26-18(30)11-7-19(1-2-19)16-12(11)9-22-15-6-14(21)27-28(15)16/h3-6,8-9,11H,1-2,7H2,(H,26,30)/t11-/m1/s1. The molecule has 0 aromatic carbocycles. The smallest absolute Gasteiger partial charge is 0.232 e. The molecular formula is C19H14Cl2N8O. The lowest BCUT2D eigenvalue weighted by molar-refractivity contribution is -0.117. The summed E-state index contributed by atoms with van der Waals surface area (Å²) in [5.41, 5.74) is 3.13. The van der Waals surface area contributed by atoms with Crippen LogP contribution in [0.2, 0.25) is 10.2 Å². The highest BCUT2D eigenvalue weighted by atomic mass is 35.5. The van der Waals surface area contributed by atoms with Crippen molar-refractivity contribution < 1.29 is 4.79 Å². The van der Waals surface area contributed by atoms with Gasteiger partial charge in [-0.1, -0.05) is 23.2 Å². The van der Waals surface area contributed by atoms with Gasteiger partial charge in [0.2, 0.25) is 5.91 Å². The highest BCUT2D eigenvalue weighted by Crippen LogP contribution is 2.60. The Balaban J connectivity index is 1.32. The first-order valence-electron chi connectivity index (χ1n) is 9.42. The molecule has 1 atom stereocenters. The van der Waals surface area contributed by atoms with E-state index >= 15 is 0 Å². The molecule has 9 nitrogen and oxygen atoms in total. The van der Waals surface area contributed by atoms with Crippen LogP contribution in [0.3, 0.4) is 0 Å². The number of anilines is 1. The zero-order valence-corrected chi connectivity index (χ0v) is 17.0. The van der Waals surface area contributed by atoms with Crippen molar-refractivity contribution in [2.45, 2.75) is 30.6 Å². The summed E-state index contributed by atoms with van der Waals surface area (Å²) >= 11 is 12.4. The molecule has 2 aliphatic rings. The summed E-state index contributed by atoms with van der Waals surface area (Å²) in [6.45, 7) is 0. The second-order valence-electron chi connectivity index (χ2n) is 7.67. The lowest BCUT2D eigenvalue weighted by atomic mass is 9.99. The maximum atomic E-state index is 13.2. The zero-order chi connectivity index (χ0) is 20.5. The fraction of sp³-hybridized carbons (Fsp3) is 0.263. The SMILES string of the molecule is O=C(Nc1cnc(-n2nccn2)c(Cl)c1)[C@@H]1CC2(CC2)c2c1cnc1cc(Cl)nn21. The van der Waals surface area contributed by atoms with Crippen molar-refractivity contribution >= 4 is 40.4 Å². The van der Waals surface area contributed by atoms with Gasteiger partial charge >= 0.3 is 0 Å². The number of rotatable bonds is 3. The number of nitrogens with one attached hydrogen (secondary N) is 1. The van der Waals surface area contributed by atoms with Gasteiger partial charge in [0.25, 0.3) is 0 Å². The number of fused-ring (bicyclic) bond motifs is 4. The van der Waals surface area contributed by atoms with E-state index in [4.69, 9.17) is 23.2 Å². The van der Waals surface area contributed by atoms with Crippen molar-refractivity contribution in [3.05, 3.63) is 58.4 Å². The molecule has 150 valence electrons. The van der Waals surface area contributed by atoms with Crippen molar-refractivity contribution in [2.75, 3.05) is 5.32 Å². The summed E-state index contributed by atoms with van der Waals surface area (Å²) in [5, 5.41) is 16.1. The first-order valence-corrected chi connectivity index (χ1v) is 10.2. The number of carbonyl (C=O) groups excluding carboxylic acids is 1. The monoisotopic (exact) mass is 440 g/mol. The summed E-state index contributed by atoms with van der Waals surface area (Å²) in [5.74, 6) is -0.0548. The number of halogens is 2. The van der Waals surface area contributed by atoms with Crippen LogP contribution < -0.4 is 5.32 Å². The number of carbonyl (C=O) groups is 1. The Hall–Kier alpha value is -3.04. The van der Waals surface area contributed by atoms with Gasteiger partial charge in [0.15, 0.2) is 16.6 Å². The van der Waals surface area contributed by atoms with Gasteiger partial charge in [-0.3, -0.25) is 4.79 Å². The van der Waals surface area contributed by atoms with Crippen LogP contribution in [0.15, 0.2) is 36.9 Å². The van der Waals surface area contributed by atoms with Crippen LogP contribution in [-0.2, 0) is 10.2 Å². The highest BCUT2D eigenvalue weighted by molar-refractivity contribution is 6.32. The molecule has 6 rings (SSSR count). The fourth-order valence-corrected chi connectivity index (χ4v) is 4.74. The lowest BCUT2D eigenvalue weighted by Crippen LogP contribution is -2.20. The second-order valence-corrected chi connectivity index (χ2v) is 8.47. The van der Waals surface area contributed by atoms with Crippen LogP contribution in [-0.4, -0.2) is 40.5 Å². The maximum Gasteiger partial charge on any atom is 0.232 e. The van der Waals surface area contributed by atoms with Crippen LogP contribution in [0.5, 0.6) is 0 Å². The van der Waals surface area contributed by atoms with Crippen molar-refractivity contribution in [2.24, 2.45) is 0 Å². The Morgan fingerprint density at radius 1 is 1.13 bits per heavy atom. The number of hydrogen-bond acceptors (Lipinski definition) is 6. The van der Waals surface area contributed by atoms with Crippen molar-refractivity contribution in [3.63, 3.8) is 0 Å². The molecule has 30 heavy (non-hydrogen) atoms. The topological polar surface area (TPSA) is 103 Å². The van der Waals surface area contributed by atoms with Crippen molar-refractivity contribution in [1.29, 1.82) is 0 Å². The molecule has 2 aliphatic carbocycles. The fourth-order valence-electron chi connectivity index (χ4n) is 4.33. The van der Waals surface area contributed by atoms with Crippen LogP contribution in [0.25, 0.3) is 11.5 Å². The Kier molecular flexibility index (Phi) is 3.69. The van der Waals surface area contributed by atoms with E-state index in [9.17, 15) is 4.79 Å². The minimum absolute atomic E-state index is 0.0284. The van der Waals surface area contributed by atoms with E-state index in [2.05, 4.69) is 30.6 Å². The first-order chi connectivity index (χ1) is 14.5. The molecule has 0 unspecified atom stereocenters. The minimum Gasteiger partial charge on any atom is -0.324 e. The van der Waals surface area contributed by atoms with Crippen molar-refractivity contribution in [3.8, 4) is 5.82 Å². The summed E-state index contributed by atoms with van der Waals surface area (Å²) < 4.78 is 1.79. The molecule has 4 aromatic heterocycles. The van der Waals surface area contributed by atoms with Gasteiger partial charge < -0.3 is 5.32 Å². The van der Waals surface area contributed by atoms with E-state index in [1.807, 2.05) is 0 Å². The zero-order valence-electron chi connectivity index (χ0n) is 15.5. The number of hydrogen-bond donors (Lipinski definition) is 1. The molecule has 0 aliphatic heterocycles. The normalized spacial score (nSPS) is 18.7. The summed E-state index contributed by atoms with van der Waals surface area (Å²) in [6, 6.07) is 3.37. The number of pyridine rings is 1. The molecule has 4 heterocycles.